The first-order chi connectivity index (χ1) is 13.9. The Balaban J connectivity index is 1.63. The molecule has 0 spiro atoms. The number of nitrogens with one attached hydrogen (secondary N) is 2. The molecule has 29 heavy (non-hydrogen) atoms. The van der Waals surface area contributed by atoms with Crippen molar-refractivity contribution in [2.45, 2.75) is 18.7 Å². The van der Waals surface area contributed by atoms with Crippen LogP contribution in [0.25, 0.3) is 5.69 Å². The zero-order valence-corrected chi connectivity index (χ0v) is 19.3. The lowest BCUT2D eigenvalue weighted by Crippen LogP contribution is -2.35. The van der Waals surface area contributed by atoms with Crippen LogP contribution in [-0.2, 0) is 13.5 Å². The van der Waals surface area contributed by atoms with Crippen LogP contribution in [0.15, 0.2) is 63.9 Å². The minimum atomic E-state index is -0.155. The summed E-state index contributed by atoms with van der Waals surface area (Å²) in [6.07, 6.45) is 0.718. The van der Waals surface area contributed by atoms with Crippen molar-refractivity contribution in [3.63, 3.8) is 0 Å². The highest BCUT2D eigenvalue weighted by atomic mass is 79.9. The van der Waals surface area contributed by atoms with E-state index < -0.39 is 0 Å². The quantitative estimate of drug-likeness (QED) is 0.395. The average Bonchev–Trinajstić information content (AvgIpc) is 2.92. The van der Waals surface area contributed by atoms with Crippen LogP contribution in [0.3, 0.4) is 0 Å². The molecule has 0 aliphatic rings. The Kier molecular flexibility index (Phi) is 7.16. The molecule has 2 N–H and O–H groups in total. The van der Waals surface area contributed by atoms with E-state index in [2.05, 4.69) is 26.6 Å². The molecular weight excluding hydrogens is 472 g/mol. The smallest absolute Gasteiger partial charge is 0.295 e. The molecule has 0 saturated carbocycles. The number of hydrogen-bond acceptors (Lipinski definition) is 2. The molecule has 0 saturated heterocycles. The summed E-state index contributed by atoms with van der Waals surface area (Å²) in [5, 5.41) is 6.39. The number of alkyl halides is 1. The Morgan fingerprint density at radius 2 is 1.83 bits per heavy atom. The first-order valence-electron chi connectivity index (χ1n) is 9.14. The van der Waals surface area contributed by atoms with E-state index in [-0.39, 0.29) is 10.9 Å². The van der Waals surface area contributed by atoms with Crippen molar-refractivity contribution >= 4 is 50.5 Å². The van der Waals surface area contributed by atoms with Crippen LogP contribution in [0.2, 0.25) is 0 Å². The van der Waals surface area contributed by atoms with Gasteiger partial charge in [0.05, 0.1) is 16.8 Å². The minimum Gasteiger partial charge on any atom is -0.361 e. The molecule has 0 amide bonds. The van der Waals surface area contributed by atoms with E-state index in [4.69, 9.17) is 23.8 Å². The van der Waals surface area contributed by atoms with Gasteiger partial charge < -0.3 is 10.6 Å². The minimum absolute atomic E-state index is 0.131. The highest BCUT2D eigenvalue weighted by Crippen LogP contribution is 2.15. The Hall–Kier alpha value is -2.09. The highest BCUT2D eigenvalue weighted by molar-refractivity contribution is 9.10. The SMILES string of the molecule is Cc1c(NC(=S)NCC(Cl)Cc2ccc(Br)cc2)c(=O)n(-c2ccccc2)n1C. The van der Waals surface area contributed by atoms with Gasteiger partial charge in [-0.3, -0.25) is 9.48 Å². The van der Waals surface area contributed by atoms with Gasteiger partial charge in [-0.05, 0) is 55.4 Å². The predicted molar refractivity (Wildman–Crippen MR) is 127 cm³/mol. The molecule has 5 nitrogen and oxygen atoms in total. The van der Waals surface area contributed by atoms with Crippen LogP contribution in [0.1, 0.15) is 11.3 Å². The normalized spacial score (nSPS) is 11.9. The molecule has 1 aromatic heterocycles. The number of anilines is 1. The Morgan fingerprint density at radius 1 is 1.17 bits per heavy atom. The van der Waals surface area contributed by atoms with Crippen molar-refractivity contribution in [1.82, 2.24) is 14.7 Å². The van der Waals surface area contributed by atoms with Crippen LogP contribution in [0, 0.1) is 6.92 Å². The largest absolute Gasteiger partial charge is 0.361 e. The van der Waals surface area contributed by atoms with Gasteiger partial charge in [0, 0.05) is 18.1 Å². The first-order valence-corrected chi connectivity index (χ1v) is 10.8. The summed E-state index contributed by atoms with van der Waals surface area (Å²) >= 11 is 15.2. The molecule has 0 aliphatic heterocycles. The molecule has 0 fully saturated rings. The molecule has 2 aromatic carbocycles. The van der Waals surface area contributed by atoms with Crippen LogP contribution >= 0.6 is 39.7 Å². The fourth-order valence-corrected chi connectivity index (χ4v) is 3.73. The molecule has 0 aliphatic carbocycles. The molecule has 0 bridgehead atoms. The molecule has 0 radical (unpaired) electrons. The van der Waals surface area contributed by atoms with Crippen LogP contribution in [0.5, 0.6) is 0 Å². The van der Waals surface area contributed by atoms with E-state index in [9.17, 15) is 4.79 Å². The third kappa shape index (κ3) is 5.29. The molecule has 3 aromatic rings. The van der Waals surface area contributed by atoms with Crippen molar-refractivity contribution in [3.8, 4) is 5.69 Å². The van der Waals surface area contributed by atoms with E-state index in [1.54, 1.807) is 9.36 Å². The second-order valence-electron chi connectivity index (χ2n) is 6.70. The van der Waals surface area contributed by atoms with Crippen LogP contribution in [0.4, 0.5) is 5.69 Å². The maximum atomic E-state index is 12.9. The second-order valence-corrected chi connectivity index (χ2v) is 8.64. The number of aromatic nitrogens is 2. The Bertz CT molecular complexity index is 1050. The van der Waals surface area contributed by atoms with Gasteiger partial charge in [0.2, 0.25) is 0 Å². The van der Waals surface area contributed by atoms with E-state index in [0.717, 1.165) is 27.8 Å². The summed E-state index contributed by atoms with van der Waals surface area (Å²) in [6, 6.07) is 17.6. The fraction of sp³-hybridized carbons (Fsp3) is 0.238. The summed E-state index contributed by atoms with van der Waals surface area (Å²) in [5.74, 6) is 0. The van der Waals surface area contributed by atoms with Gasteiger partial charge >= 0.3 is 0 Å². The number of rotatable bonds is 6. The number of benzene rings is 2. The summed E-state index contributed by atoms with van der Waals surface area (Å²) in [4.78, 5) is 12.9. The van der Waals surface area contributed by atoms with Gasteiger partial charge in [-0.25, -0.2) is 4.68 Å². The molecule has 8 heteroatoms. The van der Waals surface area contributed by atoms with E-state index in [1.807, 2.05) is 68.6 Å². The standard InChI is InChI=1S/C21H22BrClN4OS/c1-14-19(20(28)27(26(14)2)18-6-4-3-5-7-18)25-21(29)24-13-17(23)12-15-8-10-16(22)11-9-15/h3-11,17H,12-13H2,1-2H3,(H2,24,25,29). The third-order valence-electron chi connectivity index (χ3n) is 4.65. The lowest BCUT2D eigenvalue weighted by molar-refractivity contribution is 0.630. The zero-order chi connectivity index (χ0) is 21.0. The number of hydrogen-bond donors (Lipinski definition) is 2. The third-order valence-corrected chi connectivity index (χ3v) is 5.73. The second kappa shape index (κ2) is 9.61. The number of para-hydroxylation sites is 1. The van der Waals surface area contributed by atoms with E-state index in [1.165, 1.54) is 0 Å². The summed E-state index contributed by atoms with van der Waals surface area (Å²) in [5.41, 5.74) is 3.04. The maximum absolute atomic E-state index is 12.9. The summed E-state index contributed by atoms with van der Waals surface area (Å²) < 4.78 is 4.45. The van der Waals surface area contributed by atoms with Crippen molar-refractivity contribution in [3.05, 3.63) is 80.7 Å². The van der Waals surface area contributed by atoms with E-state index in [0.29, 0.717) is 17.3 Å². The molecule has 3 rings (SSSR count). The van der Waals surface area contributed by atoms with E-state index >= 15 is 0 Å². The molecular formula is C21H22BrClN4OS. The fourth-order valence-electron chi connectivity index (χ4n) is 3.02. The van der Waals surface area contributed by atoms with Gasteiger partial charge in [0.15, 0.2) is 5.11 Å². The maximum Gasteiger partial charge on any atom is 0.295 e. The summed E-state index contributed by atoms with van der Waals surface area (Å²) in [6.45, 7) is 2.37. The monoisotopic (exact) mass is 492 g/mol. The topological polar surface area (TPSA) is 51.0 Å². The van der Waals surface area contributed by atoms with Gasteiger partial charge in [-0.1, -0.05) is 46.3 Å². The molecule has 1 heterocycles. The zero-order valence-electron chi connectivity index (χ0n) is 16.2. The molecule has 152 valence electrons. The van der Waals surface area contributed by atoms with Gasteiger partial charge in [0.25, 0.3) is 5.56 Å². The van der Waals surface area contributed by atoms with Crippen LogP contribution < -0.4 is 16.2 Å². The van der Waals surface area contributed by atoms with Crippen molar-refractivity contribution < 1.29 is 0 Å². The molecule has 1 unspecified atom stereocenters. The van der Waals surface area contributed by atoms with Crippen molar-refractivity contribution in [2.24, 2.45) is 7.05 Å². The Morgan fingerprint density at radius 3 is 2.48 bits per heavy atom. The number of halogens is 2. The average molecular weight is 494 g/mol. The van der Waals surface area contributed by atoms with Gasteiger partial charge in [-0.15, -0.1) is 11.6 Å². The lowest BCUT2D eigenvalue weighted by Gasteiger charge is -2.13. The first kappa shape index (κ1) is 21.6. The van der Waals surface area contributed by atoms with Crippen molar-refractivity contribution in [1.29, 1.82) is 0 Å². The predicted octanol–water partition coefficient (Wildman–Crippen LogP) is 4.38. The lowest BCUT2D eigenvalue weighted by atomic mass is 10.1. The number of nitrogens with zero attached hydrogens (tertiary/aromatic N) is 2. The van der Waals surface area contributed by atoms with Gasteiger partial charge in [-0.2, -0.15) is 0 Å². The van der Waals surface area contributed by atoms with Gasteiger partial charge in [0.1, 0.15) is 5.69 Å². The van der Waals surface area contributed by atoms with Crippen molar-refractivity contribution in [2.75, 3.05) is 11.9 Å². The number of thiocarbonyl (C=S) groups is 1. The molecule has 1 atom stereocenters. The van der Waals surface area contributed by atoms with Crippen LogP contribution in [-0.4, -0.2) is 26.4 Å². The summed E-state index contributed by atoms with van der Waals surface area (Å²) in [7, 11) is 1.85. The Labute approximate surface area is 188 Å². The highest BCUT2D eigenvalue weighted by Gasteiger charge is 2.17.